The van der Waals surface area contributed by atoms with Crippen molar-refractivity contribution in [1.82, 2.24) is 10.2 Å². The van der Waals surface area contributed by atoms with Crippen LogP contribution in [0.5, 0.6) is 0 Å². The highest BCUT2D eigenvalue weighted by atomic mass is 16.6. The SMILES string of the molecule is CN[C@@H]1CN(Cc2ccccc2)CC[C@@H]1C.Cc1ccc(C(=O)O[C@@H](C(=O)O)[C@@H](OC(=O)c2ccc(C)cc2)C(=O)O)cc1.Cc1ccc(C(=O)O[C@@H](C(=O)O)[C@@H](OC(=O)c2ccc(C)cc2)C(=O)O)cc1. The van der Waals surface area contributed by atoms with Crippen molar-refractivity contribution < 1.29 is 77.7 Å². The van der Waals surface area contributed by atoms with E-state index in [0.717, 1.165) is 34.7 Å². The molecule has 0 aliphatic carbocycles. The van der Waals surface area contributed by atoms with Crippen LogP contribution in [0.25, 0.3) is 0 Å². The Bertz CT molecular complexity index is 2340. The molecular formula is C54H58N2O16. The second kappa shape index (κ2) is 27.2. The molecule has 380 valence electrons. The van der Waals surface area contributed by atoms with Crippen LogP contribution < -0.4 is 5.32 Å². The number of carbonyl (C=O) groups is 8. The third kappa shape index (κ3) is 17.3. The molecule has 5 aromatic carbocycles. The lowest BCUT2D eigenvalue weighted by molar-refractivity contribution is -0.166. The molecule has 5 aromatic rings. The molecule has 0 bridgehead atoms. The standard InChI is InChI=1S/2C20H18O8.C14H22N2/c2*1-11-3-7-13(8-4-11)19(25)27-15(17(21)22)16(18(23)24)28-20(26)14-9-5-12(2)6-10-14;1-12-8-9-16(11-14(12)15-2)10-13-6-4-3-5-7-13/h2*3-10,15-16H,1-2H3,(H,21,22)(H,23,24);3-7,12,14-15H,8-11H2,1-2H3/t2*15-,16-;12-,14+/m110/s1. The van der Waals surface area contributed by atoms with E-state index in [2.05, 4.69) is 54.5 Å². The number of carboxylic acid groups (broad SMARTS) is 4. The van der Waals surface area contributed by atoms with Gasteiger partial charge in [0.05, 0.1) is 22.3 Å². The van der Waals surface area contributed by atoms with E-state index in [1.54, 1.807) is 76.2 Å². The van der Waals surface area contributed by atoms with E-state index < -0.39 is 72.2 Å². The van der Waals surface area contributed by atoms with Crippen molar-refractivity contribution in [2.75, 3.05) is 20.1 Å². The molecular weight excluding hydrogens is 933 g/mol. The summed E-state index contributed by atoms with van der Waals surface area (Å²) in [7, 11) is 2.08. The number of carbonyl (C=O) groups excluding carboxylic acids is 4. The molecule has 0 spiro atoms. The van der Waals surface area contributed by atoms with Gasteiger partial charge in [-0.3, -0.25) is 4.90 Å². The molecule has 0 radical (unpaired) electrons. The van der Waals surface area contributed by atoms with Crippen LogP contribution in [0.1, 0.15) is 82.6 Å². The summed E-state index contributed by atoms with van der Waals surface area (Å²) in [6.45, 7) is 13.0. The summed E-state index contributed by atoms with van der Waals surface area (Å²) in [6, 6.07) is 35.5. The molecule has 1 heterocycles. The Labute approximate surface area is 416 Å². The second-order valence-corrected chi connectivity index (χ2v) is 17.0. The van der Waals surface area contributed by atoms with E-state index >= 15 is 0 Å². The topological polar surface area (TPSA) is 270 Å². The minimum atomic E-state index is -2.22. The average Bonchev–Trinajstić information content (AvgIpc) is 3.35. The molecule has 6 atom stereocenters. The highest BCUT2D eigenvalue weighted by Crippen LogP contribution is 2.20. The van der Waals surface area contributed by atoms with Crippen molar-refractivity contribution in [3.8, 4) is 0 Å². The van der Waals surface area contributed by atoms with Crippen molar-refractivity contribution in [2.24, 2.45) is 5.92 Å². The van der Waals surface area contributed by atoms with Crippen LogP contribution in [0.3, 0.4) is 0 Å². The van der Waals surface area contributed by atoms with Gasteiger partial charge in [0.15, 0.2) is 0 Å². The fourth-order valence-electron chi connectivity index (χ4n) is 6.96. The van der Waals surface area contributed by atoms with Gasteiger partial charge in [0.2, 0.25) is 24.4 Å². The van der Waals surface area contributed by atoms with Gasteiger partial charge in [-0.1, -0.05) is 108 Å². The maximum absolute atomic E-state index is 12.2. The number of nitrogens with one attached hydrogen (secondary N) is 1. The summed E-state index contributed by atoms with van der Waals surface area (Å²) >= 11 is 0. The van der Waals surface area contributed by atoms with Crippen molar-refractivity contribution in [3.63, 3.8) is 0 Å². The Hall–Kier alpha value is -8.22. The van der Waals surface area contributed by atoms with Crippen molar-refractivity contribution in [3.05, 3.63) is 177 Å². The van der Waals surface area contributed by atoms with E-state index in [1.165, 1.54) is 73.6 Å². The monoisotopic (exact) mass is 990 g/mol. The van der Waals surface area contributed by atoms with E-state index in [0.29, 0.717) is 6.04 Å². The predicted molar refractivity (Wildman–Crippen MR) is 260 cm³/mol. The third-order valence-corrected chi connectivity index (χ3v) is 11.3. The number of aliphatic carboxylic acids is 4. The molecule has 72 heavy (non-hydrogen) atoms. The first-order valence-electron chi connectivity index (χ1n) is 22.6. The molecule has 0 aromatic heterocycles. The first-order valence-corrected chi connectivity index (χ1v) is 22.6. The van der Waals surface area contributed by atoms with Crippen LogP contribution in [-0.2, 0) is 44.7 Å². The highest BCUT2D eigenvalue weighted by Gasteiger charge is 2.42. The number of aryl methyl sites for hydroxylation is 4. The maximum Gasteiger partial charge on any atom is 0.349 e. The zero-order chi connectivity index (χ0) is 53.1. The van der Waals surface area contributed by atoms with Gasteiger partial charge < -0.3 is 44.7 Å². The Balaban J connectivity index is 0.000000243. The predicted octanol–water partition coefficient (Wildman–Crippen LogP) is 6.56. The van der Waals surface area contributed by atoms with Crippen molar-refractivity contribution in [2.45, 2.75) is 78.0 Å². The van der Waals surface area contributed by atoms with E-state index in [-0.39, 0.29) is 22.3 Å². The van der Waals surface area contributed by atoms with Crippen LogP contribution in [0.2, 0.25) is 0 Å². The molecule has 18 heteroatoms. The number of esters is 4. The Morgan fingerprint density at radius 3 is 1.01 bits per heavy atom. The average molecular weight is 991 g/mol. The summed E-state index contributed by atoms with van der Waals surface area (Å²) in [5.74, 6) is -10.4. The van der Waals surface area contributed by atoms with Crippen LogP contribution in [0.15, 0.2) is 127 Å². The van der Waals surface area contributed by atoms with Gasteiger partial charge in [-0.15, -0.1) is 0 Å². The van der Waals surface area contributed by atoms with E-state index in [1.807, 2.05) is 0 Å². The minimum Gasteiger partial charge on any atom is -0.478 e. The molecule has 1 fully saturated rings. The number of nitrogens with zero attached hydrogens (tertiary/aromatic N) is 1. The fourth-order valence-corrected chi connectivity index (χ4v) is 6.96. The number of benzene rings is 5. The number of likely N-dealkylation sites (N-methyl/N-ethyl adjacent to an activating group) is 1. The highest BCUT2D eigenvalue weighted by molar-refractivity contribution is 5.96. The Morgan fingerprint density at radius 2 is 0.764 bits per heavy atom. The first kappa shape index (κ1) is 56.4. The number of hydrogen-bond donors (Lipinski definition) is 5. The van der Waals surface area contributed by atoms with Gasteiger partial charge in [-0.25, -0.2) is 38.4 Å². The third-order valence-electron chi connectivity index (χ3n) is 11.3. The number of rotatable bonds is 17. The summed E-state index contributed by atoms with van der Waals surface area (Å²) < 4.78 is 19.3. The van der Waals surface area contributed by atoms with Crippen LogP contribution >= 0.6 is 0 Å². The summed E-state index contributed by atoms with van der Waals surface area (Å²) in [6.07, 6.45) is -7.58. The van der Waals surface area contributed by atoms with Crippen LogP contribution in [0, 0.1) is 33.6 Å². The van der Waals surface area contributed by atoms with Gasteiger partial charge in [0, 0.05) is 19.1 Å². The van der Waals surface area contributed by atoms with Gasteiger partial charge >= 0.3 is 47.8 Å². The Kier molecular flexibility index (Phi) is 21.3. The van der Waals surface area contributed by atoms with Crippen molar-refractivity contribution in [1.29, 1.82) is 0 Å². The lowest BCUT2D eigenvalue weighted by Crippen LogP contribution is -2.48. The summed E-state index contributed by atoms with van der Waals surface area (Å²) in [4.78, 5) is 97.2. The minimum absolute atomic E-state index is 0.0332. The van der Waals surface area contributed by atoms with Crippen LogP contribution in [-0.4, -0.2) is 124 Å². The molecule has 5 N–H and O–H groups in total. The zero-order valence-corrected chi connectivity index (χ0v) is 40.6. The molecule has 1 aliphatic rings. The van der Waals surface area contributed by atoms with Gasteiger partial charge in [0.25, 0.3) is 0 Å². The molecule has 1 aliphatic heterocycles. The Morgan fingerprint density at radius 1 is 0.486 bits per heavy atom. The number of carboxylic acids is 4. The number of ether oxygens (including phenoxy) is 4. The second-order valence-electron chi connectivity index (χ2n) is 17.0. The van der Waals surface area contributed by atoms with E-state index in [9.17, 15) is 58.8 Å². The molecule has 0 unspecified atom stereocenters. The van der Waals surface area contributed by atoms with Gasteiger partial charge in [-0.05, 0) is 108 Å². The molecule has 18 nitrogen and oxygen atoms in total. The normalized spacial score (nSPS) is 15.7. The molecule has 0 amide bonds. The number of likely N-dealkylation sites (tertiary alicyclic amines) is 1. The van der Waals surface area contributed by atoms with E-state index in [4.69, 9.17) is 18.9 Å². The molecule has 1 saturated heterocycles. The molecule has 0 saturated carbocycles. The number of hydrogen-bond acceptors (Lipinski definition) is 14. The quantitative estimate of drug-likeness (QED) is 0.0487. The van der Waals surface area contributed by atoms with Crippen LogP contribution in [0.4, 0.5) is 0 Å². The first-order chi connectivity index (χ1) is 34.2. The maximum atomic E-state index is 12.2. The van der Waals surface area contributed by atoms with Gasteiger partial charge in [0.1, 0.15) is 0 Å². The summed E-state index contributed by atoms with van der Waals surface area (Å²) in [5.41, 5.74) is 5.01. The molecule has 6 rings (SSSR count). The van der Waals surface area contributed by atoms with Crippen molar-refractivity contribution >= 4 is 47.8 Å². The fraction of sp³-hybridized carbons (Fsp3) is 0.296. The smallest absolute Gasteiger partial charge is 0.349 e. The summed E-state index contributed by atoms with van der Waals surface area (Å²) in [5, 5.41) is 40.7. The van der Waals surface area contributed by atoms with Gasteiger partial charge in [-0.2, -0.15) is 0 Å². The lowest BCUT2D eigenvalue weighted by Gasteiger charge is -2.37. The zero-order valence-electron chi connectivity index (χ0n) is 40.6. The number of piperidine rings is 1. The largest absolute Gasteiger partial charge is 0.478 e. The lowest BCUT2D eigenvalue weighted by atomic mass is 9.93.